The fourth-order valence-corrected chi connectivity index (χ4v) is 3.47. The van der Waals surface area contributed by atoms with Gasteiger partial charge in [-0.15, -0.1) is 11.3 Å². The number of rotatable bonds is 5. The molecule has 122 valence electrons. The first-order valence-corrected chi connectivity index (χ1v) is 8.81. The van der Waals surface area contributed by atoms with Crippen LogP contribution >= 0.6 is 11.3 Å². The Morgan fingerprint density at radius 3 is 2.61 bits per heavy atom. The number of para-hydroxylation sites is 1. The summed E-state index contributed by atoms with van der Waals surface area (Å²) in [7, 11) is 0. The Labute approximate surface area is 141 Å². The van der Waals surface area contributed by atoms with E-state index in [0.29, 0.717) is 0 Å². The Kier molecular flexibility index (Phi) is 5.31. The molecular formula is C18H22N2O2S. The Morgan fingerprint density at radius 1 is 1.13 bits per heavy atom. The van der Waals surface area contributed by atoms with Crippen molar-refractivity contribution in [3.05, 3.63) is 52.2 Å². The van der Waals surface area contributed by atoms with E-state index in [0.717, 1.165) is 44.0 Å². The van der Waals surface area contributed by atoms with Crippen molar-refractivity contribution >= 4 is 17.2 Å². The van der Waals surface area contributed by atoms with Crippen molar-refractivity contribution in [2.75, 3.05) is 32.8 Å². The molecule has 1 fully saturated rings. The van der Waals surface area contributed by atoms with Crippen molar-refractivity contribution in [3.8, 4) is 5.75 Å². The van der Waals surface area contributed by atoms with Gasteiger partial charge in [-0.1, -0.05) is 24.3 Å². The molecule has 2 heterocycles. The minimum absolute atomic E-state index is 0.0732. The van der Waals surface area contributed by atoms with Crippen LogP contribution in [0.4, 0.5) is 0 Å². The molecule has 0 saturated carbocycles. The lowest BCUT2D eigenvalue weighted by molar-refractivity contribution is -0.135. The van der Waals surface area contributed by atoms with Gasteiger partial charge < -0.3 is 9.64 Å². The number of nitrogens with zero attached hydrogens (tertiary/aromatic N) is 2. The van der Waals surface area contributed by atoms with Crippen LogP contribution in [0.15, 0.2) is 41.8 Å². The molecule has 0 N–H and O–H groups in total. The number of hydrogen-bond donors (Lipinski definition) is 0. The number of ether oxygens (including phenoxy) is 1. The molecular weight excluding hydrogens is 308 g/mol. The zero-order valence-electron chi connectivity index (χ0n) is 13.4. The first-order valence-electron chi connectivity index (χ1n) is 7.93. The maximum absolute atomic E-state index is 12.3. The third kappa shape index (κ3) is 4.33. The van der Waals surface area contributed by atoms with Gasteiger partial charge in [-0.05, 0) is 30.0 Å². The first-order chi connectivity index (χ1) is 11.2. The third-order valence-electron chi connectivity index (χ3n) is 4.13. The van der Waals surface area contributed by atoms with Gasteiger partial charge in [0, 0.05) is 37.6 Å². The van der Waals surface area contributed by atoms with E-state index < -0.39 is 0 Å². The van der Waals surface area contributed by atoms with Gasteiger partial charge >= 0.3 is 0 Å². The predicted molar refractivity (Wildman–Crippen MR) is 92.9 cm³/mol. The van der Waals surface area contributed by atoms with Crippen molar-refractivity contribution < 1.29 is 9.53 Å². The average Bonchev–Trinajstić information content (AvgIpc) is 3.07. The number of amides is 1. The summed E-state index contributed by atoms with van der Waals surface area (Å²) in [4.78, 5) is 18.0. The van der Waals surface area contributed by atoms with E-state index in [2.05, 4.69) is 22.4 Å². The van der Waals surface area contributed by atoms with Crippen LogP contribution in [0.25, 0.3) is 0 Å². The maximum atomic E-state index is 12.3. The van der Waals surface area contributed by atoms with Crippen molar-refractivity contribution in [2.45, 2.75) is 13.5 Å². The standard InChI is InChI=1S/C18H22N2O2S/c1-15-5-2-3-7-17(15)22-14-18(21)20-10-8-19(9-11-20)13-16-6-4-12-23-16/h2-7,12H,8-11,13-14H2,1H3. The van der Waals surface area contributed by atoms with E-state index in [1.54, 1.807) is 11.3 Å². The molecule has 0 atom stereocenters. The Bertz CT molecular complexity index is 634. The highest BCUT2D eigenvalue weighted by molar-refractivity contribution is 7.09. The van der Waals surface area contributed by atoms with Gasteiger partial charge in [0.05, 0.1) is 0 Å². The lowest BCUT2D eigenvalue weighted by atomic mass is 10.2. The van der Waals surface area contributed by atoms with E-state index in [1.807, 2.05) is 36.1 Å². The van der Waals surface area contributed by atoms with Gasteiger partial charge in [-0.3, -0.25) is 9.69 Å². The summed E-state index contributed by atoms with van der Waals surface area (Å²) in [6.45, 7) is 6.50. The molecule has 0 unspecified atom stereocenters. The third-order valence-corrected chi connectivity index (χ3v) is 4.99. The van der Waals surface area contributed by atoms with E-state index in [-0.39, 0.29) is 12.5 Å². The van der Waals surface area contributed by atoms with Crippen molar-refractivity contribution in [2.24, 2.45) is 0 Å². The van der Waals surface area contributed by atoms with Crippen LogP contribution in [-0.2, 0) is 11.3 Å². The summed E-state index contributed by atoms with van der Waals surface area (Å²) in [5.41, 5.74) is 1.06. The van der Waals surface area contributed by atoms with Crippen LogP contribution in [0.1, 0.15) is 10.4 Å². The zero-order valence-corrected chi connectivity index (χ0v) is 14.2. The predicted octanol–water partition coefficient (Wildman–Crippen LogP) is 2.78. The van der Waals surface area contributed by atoms with E-state index in [9.17, 15) is 4.79 Å². The zero-order chi connectivity index (χ0) is 16.1. The maximum Gasteiger partial charge on any atom is 0.260 e. The van der Waals surface area contributed by atoms with Gasteiger partial charge in [-0.2, -0.15) is 0 Å². The number of carbonyl (C=O) groups is 1. The molecule has 2 aromatic rings. The lowest BCUT2D eigenvalue weighted by Crippen LogP contribution is -2.49. The Morgan fingerprint density at radius 2 is 1.91 bits per heavy atom. The Balaban J connectivity index is 1.44. The van der Waals surface area contributed by atoms with Gasteiger partial charge in [0.1, 0.15) is 5.75 Å². The molecule has 1 aliphatic rings. The van der Waals surface area contributed by atoms with E-state index in [1.165, 1.54) is 4.88 Å². The van der Waals surface area contributed by atoms with Crippen LogP contribution in [0.5, 0.6) is 5.75 Å². The summed E-state index contributed by atoms with van der Waals surface area (Å²) >= 11 is 1.79. The van der Waals surface area contributed by atoms with Crippen LogP contribution < -0.4 is 4.74 Å². The van der Waals surface area contributed by atoms with Crippen LogP contribution in [0, 0.1) is 6.92 Å². The van der Waals surface area contributed by atoms with E-state index in [4.69, 9.17) is 4.74 Å². The second-order valence-electron chi connectivity index (χ2n) is 5.79. The minimum Gasteiger partial charge on any atom is -0.484 e. The molecule has 0 bridgehead atoms. The summed E-state index contributed by atoms with van der Waals surface area (Å²) in [6.07, 6.45) is 0. The van der Waals surface area contributed by atoms with Crippen LogP contribution in [-0.4, -0.2) is 48.5 Å². The normalized spacial score (nSPS) is 15.6. The molecule has 23 heavy (non-hydrogen) atoms. The van der Waals surface area contributed by atoms with Gasteiger partial charge in [0.25, 0.3) is 5.91 Å². The monoisotopic (exact) mass is 330 g/mol. The van der Waals surface area contributed by atoms with Gasteiger partial charge in [0.15, 0.2) is 6.61 Å². The number of hydrogen-bond acceptors (Lipinski definition) is 4. The summed E-state index contributed by atoms with van der Waals surface area (Å²) in [6, 6.07) is 12.0. The molecule has 1 aliphatic heterocycles. The summed E-state index contributed by atoms with van der Waals surface area (Å²) in [5.74, 6) is 0.862. The highest BCUT2D eigenvalue weighted by Crippen LogP contribution is 2.17. The topological polar surface area (TPSA) is 32.8 Å². The number of piperazine rings is 1. The van der Waals surface area contributed by atoms with E-state index >= 15 is 0 Å². The number of carbonyl (C=O) groups excluding carboxylic acids is 1. The molecule has 5 heteroatoms. The fraction of sp³-hybridized carbons (Fsp3) is 0.389. The number of aryl methyl sites for hydroxylation is 1. The molecule has 0 spiro atoms. The smallest absolute Gasteiger partial charge is 0.260 e. The molecule has 3 rings (SSSR count). The summed E-state index contributed by atoms with van der Waals surface area (Å²) in [5, 5.41) is 2.11. The highest BCUT2D eigenvalue weighted by atomic mass is 32.1. The molecule has 1 amide bonds. The fourth-order valence-electron chi connectivity index (χ4n) is 2.73. The quantitative estimate of drug-likeness (QED) is 0.845. The lowest BCUT2D eigenvalue weighted by Gasteiger charge is -2.34. The Hall–Kier alpha value is -1.85. The molecule has 0 radical (unpaired) electrons. The van der Waals surface area contributed by atoms with Crippen molar-refractivity contribution in [3.63, 3.8) is 0 Å². The highest BCUT2D eigenvalue weighted by Gasteiger charge is 2.21. The molecule has 1 saturated heterocycles. The largest absolute Gasteiger partial charge is 0.484 e. The van der Waals surface area contributed by atoms with Crippen molar-refractivity contribution in [1.29, 1.82) is 0 Å². The van der Waals surface area contributed by atoms with Gasteiger partial charge in [0.2, 0.25) is 0 Å². The minimum atomic E-state index is 0.0732. The van der Waals surface area contributed by atoms with Crippen LogP contribution in [0.3, 0.4) is 0 Å². The second-order valence-corrected chi connectivity index (χ2v) is 6.82. The molecule has 0 aliphatic carbocycles. The average molecular weight is 330 g/mol. The number of benzene rings is 1. The first kappa shape index (κ1) is 16.0. The number of thiophene rings is 1. The second kappa shape index (κ2) is 7.62. The van der Waals surface area contributed by atoms with Gasteiger partial charge in [-0.25, -0.2) is 0 Å². The molecule has 1 aromatic carbocycles. The van der Waals surface area contributed by atoms with Crippen LogP contribution in [0.2, 0.25) is 0 Å². The summed E-state index contributed by atoms with van der Waals surface area (Å²) < 4.78 is 5.66. The molecule has 1 aromatic heterocycles. The molecule has 4 nitrogen and oxygen atoms in total. The van der Waals surface area contributed by atoms with Crippen molar-refractivity contribution in [1.82, 2.24) is 9.80 Å². The SMILES string of the molecule is Cc1ccccc1OCC(=O)N1CCN(Cc2cccs2)CC1.